The van der Waals surface area contributed by atoms with Gasteiger partial charge in [0, 0.05) is 50.3 Å². The second kappa shape index (κ2) is 10.3. The normalized spacial score (nSPS) is 14.7. The van der Waals surface area contributed by atoms with E-state index in [9.17, 15) is 0 Å². The van der Waals surface area contributed by atoms with Gasteiger partial charge < -0.3 is 9.32 Å². The molecule has 2 heteroatoms. The van der Waals surface area contributed by atoms with Crippen molar-refractivity contribution in [2.45, 2.75) is 38.5 Å². The largest absolute Gasteiger partial charge is 0.456 e. The lowest BCUT2D eigenvalue weighted by atomic mass is 9.81. The van der Waals surface area contributed by atoms with E-state index in [0.717, 1.165) is 33.6 Å². The molecule has 0 bridgehead atoms. The third-order valence-corrected chi connectivity index (χ3v) is 11.4. The summed E-state index contributed by atoms with van der Waals surface area (Å²) in [6, 6.07) is 55.3. The fourth-order valence-electron chi connectivity index (χ4n) is 8.98. The van der Waals surface area contributed by atoms with Crippen LogP contribution < -0.4 is 4.90 Å². The van der Waals surface area contributed by atoms with E-state index in [-0.39, 0.29) is 10.8 Å². The van der Waals surface area contributed by atoms with Crippen molar-refractivity contribution in [3.05, 3.63) is 174 Å². The molecule has 1 heterocycles. The van der Waals surface area contributed by atoms with Crippen molar-refractivity contribution in [2.75, 3.05) is 4.90 Å². The van der Waals surface area contributed by atoms with Crippen LogP contribution in [0.4, 0.5) is 17.1 Å². The topological polar surface area (TPSA) is 16.4 Å². The van der Waals surface area contributed by atoms with E-state index < -0.39 is 0 Å². The number of furan rings is 1. The number of para-hydroxylation sites is 1. The first-order chi connectivity index (χ1) is 24.3. The Hall–Kier alpha value is -5.86. The van der Waals surface area contributed by atoms with E-state index in [1.807, 2.05) is 0 Å². The summed E-state index contributed by atoms with van der Waals surface area (Å²) >= 11 is 0. The van der Waals surface area contributed by atoms with Crippen LogP contribution in [0.5, 0.6) is 0 Å². The number of nitrogens with zero attached hydrogens (tertiary/aromatic N) is 1. The molecule has 2 aliphatic rings. The molecule has 0 fully saturated rings. The number of hydrogen-bond donors (Lipinski definition) is 0. The minimum Gasteiger partial charge on any atom is -0.456 e. The molecule has 0 spiro atoms. The highest BCUT2D eigenvalue weighted by atomic mass is 16.3. The molecule has 0 saturated heterocycles. The van der Waals surface area contributed by atoms with Crippen LogP contribution in [0.25, 0.3) is 55.3 Å². The average Bonchev–Trinajstić information content (AvgIpc) is 3.71. The molecular formula is C48H37NO. The van der Waals surface area contributed by atoms with Gasteiger partial charge in [-0.15, -0.1) is 0 Å². The van der Waals surface area contributed by atoms with Crippen LogP contribution in [0.2, 0.25) is 0 Å². The van der Waals surface area contributed by atoms with Crippen LogP contribution in [0.3, 0.4) is 0 Å². The molecule has 240 valence electrons. The highest BCUT2D eigenvalue weighted by molar-refractivity contribution is 6.18. The Balaban J connectivity index is 1.20. The minimum atomic E-state index is -0.140. The number of anilines is 3. The van der Waals surface area contributed by atoms with Crippen LogP contribution >= 0.6 is 0 Å². The Morgan fingerprint density at radius 3 is 1.76 bits per heavy atom. The summed E-state index contributed by atoms with van der Waals surface area (Å²) in [6.45, 7) is 9.37. The molecule has 8 aromatic rings. The zero-order chi connectivity index (χ0) is 33.8. The van der Waals surface area contributed by atoms with Gasteiger partial charge in [0.1, 0.15) is 11.2 Å². The number of hydrogen-bond acceptors (Lipinski definition) is 2. The fourth-order valence-corrected chi connectivity index (χ4v) is 8.98. The molecule has 0 radical (unpaired) electrons. The standard InChI is InChI=1S/C48H37NO/c1-47(2)38-21-13-11-19-34(38)35-25-23-32(27-40(35)47)49(31-17-9-6-10-18-31)33-24-26-37-42(28-33)50-43-29-41-45(36-20-12-14-22-39(36)48(41,3)4)44(46(37)43)30-15-7-5-8-16-30/h5-29H,1-4H3. The second-order valence-electron chi connectivity index (χ2n) is 14.9. The molecule has 0 aliphatic heterocycles. The van der Waals surface area contributed by atoms with Gasteiger partial charge in [0.05, 0.1) is 0 Å². The van der Waals surface area contributed by atoms with E-state index in [4.69, 9.17) is 4.42 Å². The Labute approximate surface area is 293 Å². The van der Waals surface area contributed by atoms with Crippen LogP contribution in [0, 0.1) is 0 Å². The molecule has 0 N–H and O–H groups in total. The van der Waals surface area contributed by atoms with E-state index in [0.29, 0.717) is 0 Å². The van der Waals surface area contributed by atoms with Crippen LogP contribution in [-0.2, 0) is 10.8 Å². The highest BCUT2D eigenvalue weighted by Gasteiger charge is 2.39. The quantitative estimate of drug-likeness (QED) is 0.190. The van der Waals surface area contributed by atoms with Gasteiger partial charge in [0.2, 0.25) is 0 Å². The summed E-state index contributed by atoms with van der Waals surface area (Å²) in [6.07, 6.45) is 0. The van der Waals surface area contributed by atoms with E-state index in [1.165, 1.54) is 61.0 Å². The molecule has 0 atom stereocenters. The Kier molecular flexibility index (Phi) is 6.01. The molecule has 1 aromatic heterocycles. The molecule has 0 unspecified atom stereocenters. The zero-order valence-electron chi connectivity index (χ0n) is 28.8. The van der Waals surface area contributed by atoms with Crippen LogP contribution in [0.1, 0.15) is 49.9 Å². The smallest absolute Gasteiger partial charge is 0.137 e. The maximum absolute atomic E-state index is 6.92. The highest BCUT2D eigenvalue weighted by Crippen LogP contribution is 2.56. The number of rotatable bonds is 4. The first-order valence-corrected chi connectivity index (χ1v) is 17.6. The lowest BCUT2D eigenvalue weighted by Gasteiger charge is -2.28. The average molecular weight is 644 g/mol. The molecular weight excluding hydrogens is 607 g/mol. The van der Waals surface area contributed by atoms with Crippen molar-refractivity contribution in [3.8, 4) is 33.4 Å². The van der Waals surface area contributed by atoms with Crippen LogP contribution in [0.15, 0.2) is 156 Å². The Bertz CT molecular complexity index is 2640. The third-order valence-electron chi connectivity index (χ3n) is 11.4. The van der Waals surface area contributed by atoms with Gasteiger partial charge in [-0.3, -0.25) is 0 Å². The summed E-state index contributed by atoms with van der Waals surface area (Å²) in [7, 11) is 0. The predicted molar refractivity (Wildman–Crippen MR) is 209 cm³/mol. The van der Waals surface area contributed by atoms with Gasteiger partial charge in [0.15, 0.2) is 0 Å². The second-order valence-corrected chi connectivity index (χ2v) is 14.9. The van der Waals surface area contributed by atoms with Gasteiger partial charge in [-0.05, 0) is 92.5 Å². The van der Waals surface area contributed by atoms with Crippen molar-refractivity contribution in [1.82, 2.24) is 0 Å². The van der Waals surface area contributed by atoms with Crippen molar-refractivity contribution in [3.63, 3.8) is 0 Å². The first-order valence-electron chi connectivity index (χ1n) is 17.6. The van der Waals surface area contributed by atoms with Crippen molar-refractivity contribution in [1.29, 1.82) is 0 Å². The van der Waals surface area contributed by atoms with Crippen molar-refractivity contribution >= 4 is 39.0 Å². The number of fused-ring (bicyclic) bond motifs is 9. The molecule has 0 saturated carbocycles. The van der Waals surface area contributed by atoms with Gasteiger partial charge >= 0.3 is 0 Å². The molecule has 10 rings (SSSR count). The van der Waals surface area contributed by atoms with Gasteiger partial charge in [-0.1, -0.05) is 131 Å². The van der Waals surface area contributed by atoms with E-state index >= 15 is 0 Å². The fraction of sp³-hybridized carbons (Fsp3) is 0.125. The monoisotopic (exact) mass is 643 g/mol. The molecule has 0 amide bonds. The van der Waals surface area contributed by atoms with Crippen molar-refractivity contribution in [2.24, 2.45) is 0 Å². The summed E-state index contributed by atoms with van der Waals surface area (Å²) in [4.78, 5) is 2.36. The summed E-state index contributed by atoms with van der Waals surface area (Å²) in [5.41, 5.74) is 18.1. The lowest BCUT2D eigenvalue weighted by Crippen LogP contribution is -2.16. The van der Waals surface area contributed by atoms with Gasteiger partial charge in [-0.2, -0.15) is 0 Å². The summed E-state index contributed by atoms with van der Waals surface area (Å²) in [5.74, 6) is 0. The molecule has 2 aliphatic carbocycles. The number of benzene rings is 7. The van der Waals surface area contributed by atoms with Gasteiger partial charge in [0.25, 0.3) is 0 Å². The molecule has 2 nitrogen and oxygen atoms in total. The van der Waals surface area contributed by atoms with Crippen LogP contribution in [-0.4, -0.2) is 0 Å². The minimum absolute atomic E-state index is 0.0897. The third kappa shape index (κ3) is 3.96. The summed E-state index contributed by atoms with van der Waals surface area (Å²) in [5, 5.41) is 2.30. The maximum atomic E-state index is 6.92. The zero-order valence-corrected chi connectivity index (χ0v) is 28.8. The molecule has 7 aromatic carbocycles. The first kappa shape index (κ1) is 29.1. The van der Waals surface area contributed by atoms with Gasteiger partial charge in [-0.25, -0.2) is 0 Å². The summed E-state index contributed by atoms with van der Waals surface area (Å²) < 4.78 is 6.92. The van der Waals surface area contributed by atoms with E-state index in [1.54, 1.807) is 0 Å². The van der Waals surface area contributed by atoms with E-state index in [2.05, 4.69) is 184 Å². The Morgan fingerprint density at radius 2 is 1.00 bits per heavy atom. The Morgan fingerprint density at radius 1 is 0.420 bits per heavy atom. The molecule has 50 heavy (non-hydrogen) atoms. The lowest BCUT2D eigenvalue weighted by molar-refractivity contribution is 0.647. The van der Waals surface area contributed by atoms with Crippen molar-refractivity contribution < 1.29 is 4.42 Å². The predicted octanol–water partition coefficient (Wildman–Crippen LogP) is 13.3. The maximum Gasteiger partial charge on any atom is 0.137 e. The SMILES string of the molecule is CC1(C)c2ccccc2-c2ccc(N(c3ccccc3)c3ccc4c(c3)oc3cc5c(c(-c6ccccc6)c34)-c3ccccc3C5(C)C)cc21.